The first-order valence-electron chi connectivity index (χ1n) is 9.74. The molecule has 2 aromatic carbocycles. The second-order valence-corrected chi connectivity index (χ2v) is 11.1. The van der Waals surface area contributed by atoms with Gasteiger partial charge in [-0.15, -0.1) is 0 Å². The van der Waals surface area contributed by atoms with E-state index in [2.05, 4.69) is 4.99 Å². The first-order chi connectivity index (χ1) is 14.9. The highest BCUT2D eigenvalue weighted by Gasteiger charge is 2.48. The molecule has 2 saturated heterocycles. The van der Waals surface area contributed by atoms with Crippen molar-refractivity contribution in [3.05, 3.63) is 59.4 Å². The molecule has 31 heavy (non-hydrogen) atoms. The standard InChI is InChI=1S/C21H19FN2O5S2/c22-15-4-1-13(2-5-15)8-20(25)23-21-24(16-10-31(26,27)11-19(16)30-21)9-14-3-6-17-18(7-14)29-12-28-17/h1-7,16,19H,8-12H2/t16-,19-/m1/s1. The minimum absolute atomic E-state index is 0.0421. The van der Waals surface area contributed by atoms with Gasteiger partial charge in [-0.25, -0.2) is 12.8 Å². The number of rotatable bonds is 4. The molecule has 2 atom stereocenters. The molecule has 0 radical (unpaired) electrons. The summed E-state index contributed by atoms with van der Waals surface area (Å²) < 4.78 is 48.2. The Kier molecular flexibility index (Phi) is 5.13. The summed E-state index contributed by atoms with van der Waals surface area (Å²) in [5, 5.41) is 0.367. The smallest absolute Gasteiger partial charge is 0.252 e. The first-order valence-corrected chi connectivity index (χ1v) is 12.4. The highest BCUT2D eigenvalue weighted by Crippen LogP contribution is 2.40. The average molecular weight is 463 g/mol. The van der Waals surface area contributed by atoms with Crippen LogP contribution in [0.2, 0.25) is 0 Å². The summed E-state index contributed by atoms with van der Waals surface area (Å²) in [6, 6.07) is 11.1. The van der Waals surface area contributed by atoms with Crippen LogP contribution in [0.25, 0.3) is 0 Å². The monoisotopic (exact) mass is 462 g/mol. The van der Waals surface area contributed by atoms with E-state index in [4.69, 9.17) is 9.47 Å². The van der Waals surface area contributed by atoms with Crippen LogP contribution in [-0.2, 0) is 27.6 Å². The van der Waals surface area contributed by atoms with Gasteiger partial charge in [-0.2, -0.15) is 4.99 Å². The van der Waals surface area contributed by atoms with Gasteiger partial charge in [-0.3, -0.25) is 4.79 Å². The van der Waals surface area contributed by atoms with Crippen molar-refractivity contribution in [2.24, 2.45) is 4.99 Å². The Morgan fingerprint density at radius 1 is 1.10 bits per heavy atom. The summed E-state index contributed by atoms with van der Waals surface area (Å²) in [6.07, 6.45) is 0.0514. The van der Waals surface area contributed by atoms with Crippen molar-refractivity contribution in [2.75, 3.05) is 18.3 Å². The molecule has 0 aromatic heterocycles. The minimum atomic E-state index is -3.13. The molecule has 3 aliphatic heterocycles. The molecule has 1 amide bonds. The molecule has 2 fully saturated rings. The van der Waals surface area contributed by atoms with E-state index in [1.165, 1.54) is 23.9 Å². The molecule has 0 bridgehead atoms. The molecule has 3 heterocycles. The fraction of sp³-hybridized carbons (Fsp3) is 0.333. The predicted octanol–water partition coefficient (Wildman–Crippen LogP) is 2.39. The lowest BCUT2D eigenvalue weighted by Gasteiger charge is -2.24. The summed E-state index contributed by atoms with van der Waals surface area (Å²) >= 11 is 1.34. The van der Waals surface area contributed by atoms with E-state index in [0.29, 0.717) is 28.8 Å². The first kappa shape index (κ1) is 20.3. The second kappa shape index (κ2) is 7.83. The van der Waals surface area contributed by atoms with Crippen LogP contribution in [0.3, 0.4) is 0 Å². The van der Waals surface area contributed by atoms with Crippen molar-refractivity contribution in [3.8, 4) is 11.5 Å². The molecule has 0 unspecified atom stereocenters. The lowest BCUT2D eigenvalue weighted by molar-refractivity contribution is -0.117. The van der Waals surface area contributed by atoms with Gasteiger partial charge < -0.3 is 14.4 Å². The lowest BCUT2D eigenvalue weighted by Crippen LogP contribution is -2.37. The number of carbonyl (C=O) groups excluding carboxylic acids is 1. The largest absolute Gasteiger partial charge is 0.454 e. The Balaban J connectivity index is 1.39. The molecule has 0 saturated carbocycles. The molecule has 5 rings (SSSR count). The molecule has 7 nitrogen and oxygen atoms in total. The third kappa shape index (κ3) is 4.27. The van der Waals surface area contributed by atoms with Gasteiger partial charge in [0.2, 0.25) is 6.79 Å². The number of hydrogen-bond donors (Lipinski definition) is 0. The third-order valence-electron chi connectivity index (χ3n) is 5.45. The SMILES string of the molecule is O=C(Cc1ccc(F)cc1)N=C1S[C@@H]2CS(=O)(=O)C[C@H]2N1Cc1ccc2c(c1)OCO2. The van der Waals surface area contributed by atoms with E-state index in [1.807, 2.05) is 23.1 Å². The van der Waals surface area contributed by atoms with E-state index in [0.717, 1.165) is 5.56 Å². The summed E-state index contributed by atoms with van der Waals surface area (Å²) in [5.41, 5.74) is 1.58. The lowest BCUT2D eigenvalue weighted by atomic mass is 10.1. The number of thioether (sulfide) groups is 1. The molecule has 0 spiro atoms. The second-order valence-electron chi connectivity index (χ2n) is 7.71. The molecular weight excluding hydrogens is 443 g/mol. The van der Waals surface area contributed by atoms with Crippen LogP contribution in [-0.4, -0.2) is 54.0 Å². The fourth-order valence-electron chi connectivity index (χ4n) is 3.98. The van der Waals surface area contributed by atoms with Gasteiger partial charge in [0.1, 0.15) is 5.82 Å². The van der Waals surface area contributed by atoms with Gasteiger partial charge in [0, 0.05) is 11.8 Å². The third-order valence-corrected chi connectivity index (χ3v) is 8.70. The van der Waals surface area contributed by atoms with E-state index in [1.54, 1.807) is 12.1 Å². The minimum Gasteiger partial charge on any atom is -0.454 e. The quantitative estimate of drug-likeness (QED) is 0.690. The number of fused-ring (bicyclic) bond motifs is 2. The van der Waals surface area contributed by atoms with Crippen LogP contribution < -0.4 is 9.47 Å². The molecule has 0 aliphatic carbocycles. The zero-order valence-electron chi connectivity index (χ0n) is 16.4. The number of carbonyl (C=O) groups is 1. The number of hydrogen-bond acceptors (Lipinski definition) is 6. The fourth-order valence-corrected chi connectivity index (χ4v) is 7.95. The molecule has 0 N–H and O–H groups in total. The zero-order chi connectivity index (χ0) is 21.6. The molecule has 162 valence electrons. The zero-order valence-corrected chi connectivity index (χ0v) is 18.0. The van der Waals surface area contributed by atoms with E-state index in [9.17, 15) is 17.6 Å². The highest BCUT2D eigenvalue weighted by atomic mass is 32.2. The van der Waals surface area contributed by atoms with Gasteiger partial charge in [0.15, 0.2) is 26.5 Å². The van der Waals surface area contributed by atoms with Crippen LogP contribution in [0, 0.1) is 5.82 Å². The van der Waals surface area contributed by atoms with Crippen LogP contribution in [0.5, 0.6) is 11.5 Å². The van der Waals surface area contributed by atoms with Crippen molar-refractivity contribution in [2.45, 2.75) is 24.3 Å². The van der Waals surface area contributed by atoms with Crippen molar-refractivity contribution in [1.82, 2.24) is 4.90 Å². The van der Waals surface area contributed by atoms with Crippen LogP contribution in [0.15, 0.2) is 47.5 Å². The number of sulfone groups is 1. The van der Waals surface area contributed by atoms with Crippen molar-refractivity contribution >= 4 is 32.7 Å². The van der Waals surface area contributed by atoms with Gasteiger partial charge in [-0.05, 0) is 35.4 Å². The van der Waals surface area contributed by atoms with E-state index < -0.39 is 9.84 Å². The van der Waals surface area contributed by atoms with Crippen molar-refractivity contribution < 1.29 is 27.1 Å². The summed E-state index contributed by atoms with van der Waals surface area (Å²) in [7, 11) is -3.13. The Morgan fingerprint density at radius 3 is 2.65 bits per heavy atom. The van der Waals surface area contributed by atoms with Gasteiger partial charge in [0.05, 0.1) is 24.0 Å². The summed E-state index contributed by atoms with van der Waals surface area (Å²) in [5.74, 6) is 0.714. The van der Waals surface area contributed by atoms with Gasteiger partial charge in [0.25, 0.3) is 5.91 Å². The Labute approximate surface area is 183 Å². The molecule has 3 aliphatic rings. The molecular formula is C21H19FN2O5S2. The average Bonchev–Trinajstić information content (AvgIpc) is 3.37. The topological polar surface area (TPSA) is 85.3 Å². The Morgan fingerprint density at radius 2 is 1.84 bits per heavy atom. The molecule has 2 aromatic rings. The maximum atomic E-state index is 13.1. The van der Waals surface area contributed by atoms with Crippen molar-refractivity contribution in [1.29, 1.82) is 0 Å². The van der Waals surface area contributed by atoms with Crippen LogP contribution in [0.4, 0.5) is 4.39 Å². The summed E-state index contributed by atoms with van der Waals surface area (Å²) in [6.45, 7) is 0.578. The molecule has 10 heteroatoms. The van der Waals surface area contributed by atoms with E-state index in [-0.39, 0.29) is 47.7 Å². The highest BCUT2D eigenvalue weighted by molar-refractivity contribution is 8.15. The number of nitrogens with zero attached hydrogens (tertiary/aromatic N) is 2. The van der Waals surface area contributed by atoms with Crippen LogP contribution >= 0.6 is 11.8 Å². The number of halogens is 1. The maximum absolute atomic E-state index is 13.1. The van der Waals surface area contributed by atoms with Gasteiger partial charge in [-0.1, -0.05) is 30.0 Å². The number of aliphatic imine (C=N–C) groups is 1. The van der Waals surface area contributed by atoms with Gasteiger partial charge >= 0.3 is 0 Å². The summed E-state index contributed by atoms with van der Waals surface area (Å²) in [4.78, 5) is 18.8. The van der Waals surface area contributed by atoms with E-state index >= 15 is 0 Å². The maximum Gasteiger partial charge on any atom is 0.252 e. The number of amidine groups is 1. The Bertz CT molecular complexity index is 1170. The predicted molar refractivity (Wildman–Crippen MR) is 114 cm³/mol. The number of ether oxygens (including phenoxy) is 2. The Hall–Kier alpha value is -2.59. The number of amides is 1. The normalized spacial score (nSPS) is 24.5. The van der Waals surface area contributed by atoms with Crippen LogP contribution in [0.1, 0.15) is 11.1 Å². The number of benzene rings is 2. The van der Waals surface area contributed by atoms with Crippen molar-refractivity contribution in [3.63, 3.8) is 0 Å².